The van der Waals surface area contributed by atoms with Gasteiger partial charge in [0.05, 0.1) is 5.56 Å². The Labute approximate surface area is 116 Å². The van der Waals surface area contributed by atoms with Gasteiger partial charge < -0.3 is 10.4 Å². The number of anilines is 1. The van der Waals surface area contributed by atoms with Crippen LogP contribution in [0.15, 0.2) is 22.7 Å². The molecular formula is C12H13BrF3NO2. The van der Waals surface area contributed by atoms with Gasteiger partial charge in [0.15, 0.2) is 0 Å². The Morgan fingerprint density at radius 3 is 2.58 bits per heavy atom. The lowest BCUT2D eigenvalue weighted by atomic mass is 10.1. The van der Waals surface area contributed by atoms with E-state index in [9.17, 15) is 18.0 Å². The van der Waals surface area contributed by atoms with Crippen molar-refractivity contribution in [3.05, 3.63) is 28.2 Å². The van der Waals surface area contributed by atoms with E-state index in [4.69, 9.17) is 5.11 Å². The predicted octanol–water partition coefficient (Wildman–Crippen LogP) is 4.13. The van der Waals surface area contributed by atoms with Gasteiger partial charge in [-0.2, -0.15) is 13.2 Å². The molecule has 1 aromatic carbocycles. The zero-order chi connectivity index (χ0) is 14.6. The van der Waals surface area contributed by atoms with Crippen LogP contribution in [-0.2, 0) is 11.0 Å². The van der Waals surface area contributed by atoms with E-state index in [-0.39, 0.29) is 12.1 Å². The molecule has 0 heterocycles. The second-order valence-corrected chi connectivity index (χ2v) is 4.93. The highest BCUT2D eigenvalue weighted by molar-refractivity contribution is 9.10. The lowest BCUT2D eigenvalue weighted by molar-refractivity contribution is -0.139. The molecule has 0 aliphatic heterocycles. The van der Waals surface area contributed by atoms with Crippen LogP contribution in [0.25, 0.3) is 0 Å². The highest BCUT2D eigenvalue weighted by Crippen LogP contribution is 2.36. The standard InChI is InChI=1S/C12H13BrF3NO2/c1-2-3-9(11(18)19)17-10-6-7(13)4-5-8(10)12(14,15)16/h4-6,9,17H,2-3H2,1H3,(H,18,19). The second-order valence-electron chi connectivity index (χ2n) is 4.01. The lowest BCUT2D eigenvalue weighted by Gasteiger charge is -2.19. The maximum absolute atomic E-state index is 12.8. The van der Waals surface area contributed by atoms with E-state index in [2.05, 4.69) is 21.2 Å². The third kappa shape index (κ3) is 4.41. The number of hydrogen-bond donors (Lipinski definition) is 2. The van der Waals surface area contributed by atoms with Crippen LogP contribution in [0, 0.1) is 0 Å². The topological polar surface area (TPSA) is 49.3 Å². The van der Waals surface area contributed by atoms with Crippen LogP contribution in [0.1, 0.15) is 25.3 Å². The molecule has 19 heavy (non-hydrogen) atoms. The quantitative estimate of drug-likeness (QED) is 0.847. The van der Waals surface area contributed by atoms with Crippen molar-refractivity contribution in [1.82, 2.24) is 0 Å². The van der Waals surface area contributed by atoms with Crippen molar-refractivity contribution in [2.75, 3.05) is 5.32 Å². The van der Waals surface area contributed by atoms with E-state index in [1.54, 1.807) is 6.92 Å². The molecule has 1 atom stereocenters. The van der Waals surface area contributed by atoms with Crippen LogP contribution in [0.5, 0.6) is 0 Å². The Morgan fingerprint density at radius 2 is 2.11 bits per heavy atom. The van der Waals surface area contributed by atoms with Gasteiger partial charge in [-0.15, -0.1) is 0 Å². The highest BCUT2D eigenvalue weighted by atomic mass is 79.9. The zero-order valence-corrected chi connectivity index (χ0v) is 11.7. The number of nitrogens with one attached hydrogen (secondary N) is 1. The number of benzene rings is 1. The molecule has 0 aromatic heterocycles. The Morgan fingerprint density at radius 1 is 1.47 bits per heavy atom. The summed E-state index contributed by atoms with van der Waals surface area (Å²) < 4.78 is 38.9. The number of carboxylic acid groups (broad SMARTS) is 1. The number of carbonyl (C=O) groups is 1. The van der Waals surface area contributed by atoms with Crippen molar-refractivity contribution in [1.29, 1.82) is 0 Å². The number of aliphatic carboxylic acids is 1. The second kappa shape index (κ2) is 6.27. The molecule has 106 valence electrons. The fourth-order valence-electron chi connectivity index (χ4n) is 1.62. The average molecular weight is 340 g/mol. The third-order valence-corrected chi connectivity index (χ3v) is 2.99. The van der Waals surface area contributed by atoms with Gasteiger partial charge in [-0.25, -0.2) is 4.79 Å². The van der Waals surface area contributed by atoms with E-state index >= 15 is 0 Å². The first-order valence-corrected chi connectivity index (χ1v) is 6.41. The van der Waals surface area contributed by atoms with E-state index in [1.165, 1.54) is 12.1 Å². The van der Waals surface area contributed by atoms with Gasteiger partial charge in [-0.05, 0) is 24.6 Å². The molecule has 1 unspecified atom stereocenters. The lowest BCUT2D eigenvalue weighted by Crippen LogP contribution is -2.30. The first-order chi connectivity index (χ1) is 8.75. The van der Waals surface area contributed by atoms with Crippen LogP contribution >= 0.6 is 15.9 Å². The smallest absolute Gasteiger partial charge is 0.418 e. The first-order valence-electron chi connectivity index (χ1n) is 5.61. The number of carboxylic acids is 1. The van der Waals surface area contributed by atoms with Gasteiger partial charge in [0, 0.05) is 10.2 Å². The number of halogens is 4. The van der Waals surface area contributed by atoms with Crippen LogP contribution in [-0.4, -0.2) is 17.1 Å². The first kappa shape index (κ1) is 15.8. The van der Waals surface area contributed by atoms with Crippen LogP contribution in [0.2, 0.25) is 0 Å². The largest absolute Gasteiger partial charge is 0.480 e. The van der Waals surface area contributed by atoms with Gasteiger partial charge >= 0.3 is 12.1 Å². The van der Waals surface area contributed by atoms with Crippen LogP contribution < -0.4 is 5.32 Å². The van der Waals surface area contributed by atoms with E-state index in [0.717, 1.165) is 6.07 Å². The van der Waals surface area contributed by atoms with Gasteiger partial charge in [0.1, 0.15) is 6.04 Å². The Bertz CT molecular complexity index is 463. The molecule has 0 spiro atoms. The van der Waals surface area contributed by atoms with E-state index in [0.29, 0.717) is 10.9 Å². The maximum Gasteiger partial charge on any atom is 0.418 e. The molecule has 0 saturated carbocycles. The summed E-state index contributed by atoms with van der Waals surface area (Å²) in [5, 5.41) is 11.4. The highest BCUT2D eigenvalue weighted by Gasteiger charge is 2.34. The van der Waals surface area contributed by atoms with Gasteiger partial charge in [-0.1, -0.05) is 29.3 Å². The number of hydrogen-bond acceptors (Lipinski definition) is 2. The van der Waals surface area contributed by atoms with Crippen molar-refractivity contribution in [3.63, 3.8) is 0 Å². The zero-order valence-electron chi connectivity index (χ0n) is 10.1. The molecule has 0 bridgehead atoms. The van der Waals surface area contributed by atoms with Crippen molar-refractivity contribution >= 4 is 27.6 Å². The van der Waals surface area contributed by atoms with Gasteiger partial charge in [0.2, 0.25) is 0 Å². The molecule has 0 amide bonds. The van der Waals surface area contributed by atoms with Gasteiger partial charge in [0.25, 0.3) is 0 Å². The monoisotopic (exact) mass is 339 g/mol. The summed E-state index contributed by atoms with van der Waals surface area (Å²) in [6.45, 7) is 1.77. The summed E-state index contributed by atoms with van der Waals surface area (Å²) in [6.07, 6.45) is -3.73. The SMILES string of the molecule is CCCC(Nc1cc(Br)ccc1C(F)(F)F)C(=O)O. The average Bonchev–Trinajstić information content (AvgIpc) is 2.26. The summed E-state index contributed by atoms with van der Waals surface area (Å²) in [6, 6.07) is 2.37. The molecular weight excluding hydrogens is 327 g/mol. The van der Waals surface area contributed by atoms with Crippen molar-refractivity contribution in [3.8, 4) is 0 Å². The van der Waals surface area contributed by atoms with Crippen molar-refractivity contribution in [2.24, 2.45) is 0 Å². The molecule has 7 heteroatoms. The molecule has 1 aromatic rings. The normalized spacial score (nSPS) is 13.1. The molecule has 0 saturated heterocycles. The summed E-state index contributed by atoms with van der Waals surface area (Å²) in [7, 11) is 0. The predicted molar refractivity (Wildman–Crippen MR) is 69.1 cm³/mol. The molecule has 1 rings (SSSR count). The number of alkyl halides is 3. The molecule has 0 aliphatic carbocycles. The Kier molecular flexibility index (Phi) is 5.22. The molecule has 0 aliphatic rings. The molecule has 3 nitrogen and oxygen atoms in total. The minimum atomic E-state index is -4.53. The van der Waals surface area contributed by atoms with Crippen molar-refractivity contribution < 1.29 is 23.1 Å². The summed E-state index contributed by atoms with van der Waals surface area (Å²) in [5.74, 6) is -1.17. The minimum absolute atomic E-state index is 0.234. The van der Waals surface area contributed by atoms with Crippen molar-refractivity contribution in [2.45, 2.75) is 32.0 Å². The maximum atomic E-state index is 12.8. The fourth-order valence-corrected chi connectivity index (χ4v) is 1.98. The van der Waals surface area contributed by atoms with Crippen LogP contribution in [0.3, 0.4) is 0 Å². The van der Waals surface area contributed by atoms with E-state index in [1.807, 2.05) is 0 Å². The van der Waals surface area contributed by atoms with Gasteiger partial charge in [-0.3, -0.25) is 0 Å². The fraction of sp³-hybridized carbons (Fsp3) is 0.417. The Hall–Kier alpha value is -1.24. The number of rotatable bonds is 5. The molecule has 0 radical (unpaired) electrons. The molecule has 0 fully saturated rings. The van der Waals surface area contributed by atoms with Crippen LogP contribution in [0.4, 0.5) is 18.9 Å². The summed E-state index contributed by atoms with van der Waals surface area (Å²) in [4.78, 5) is 11.0. The summed E-state index contributed by atoms with van der Waals surface area (Å²) >= 11 is 3.07. The summed E-state index contributed by atoms with van der Waals surface area (Å²) in [5.41, 5.74) is -1.11. The third-order valence-electron chi connectivity index (χ3n) is 2.49. The molecule has 2 N–H and O–H groups in total. The minimum Gasteiger partial charge on any atom is -0.480 e. The van der Waals surface area contributed by atoms with E-state index < -0.39 is 23.8 Å². The Balaban J connectivity index is 3.10.